The van der Waals surface area contributed by atoms with Crippen molar-refractivity contribution in [1.29, 1.82) is 5.26 Å². The Bertz CT molecular complexity index is 2510. The van der Waals surface area contributed by atoms with Crippen molar-refractivity contribution in [2.24, 2.45) is 0 Å². The number of aryl methyl sites for hydroxylation is 1. The van der Waals surface area contributed by atoms with Crippen molar-refractivity contribution in [2.75, 3.05) is 0 Å². The fraction of sp³-hybridized carbons (Fsp3) is 0.122. The number of aromatic nitrogens is 2. The number of pyridine rings is 1. The van der Waals surface area contributed by atoms with Gasteiger partial charge in [0.25, 0.3) is 0 Å². The molecule has 0 aliphatic heterocycles. The molecule has 0 N–H and O–H groups in total. The predicted octanol–water partition coefficient (Wildman–Crippen LogP) is 13.4. The van der Waals surface area contributed by atoms with Crippen LogP contribution in [0.1, 0.15) is 33.4 Å². The third kappa shape index (κ3) is 7.02. The minimum absolute atomic E-state index is 0.000724. The molecule has 0 fully saturated rings. The van der Waals surface area contributed by atoms with Gasteiger partial charge in [0.1, 0.15) is 0 Å². The summed E-state index contributed by atoms with van der Waals surface area (Å²) < 4.78 is 168. The summed E-state index contributed by atoms with van der Waals surface area (Å²) in [6.45, 7) is 1.63. The first-order chi connectivity index (χ1) is 26.1. The van der Waals surface area contributed by atoms with E-state index in [2.05, 4.69) is 11.1 Å². The lowest BCUT2D eigenvalue weighted by molar-refractivity contribution is -0.144. The van der Waals surface area contributed by atoms with Gasteiger partial charge in [0, 0.05) is 34.4 Å². The number of benzene rings is 5. The van der Waals surface area contributed by atoms with Crippen molar-refractivity contribution in [1.82, 2.24) is 9.55 Å². The van der Waals surface area contributed by atoms with Gasteiger partial charge in [-0.1, -0.05) is 24.3 Å². The summed E-state index contributed by atoms with van der Waals surface area (Å²) in [5.74, 6) is 0. The average Bonchev–Trinajstić information content (AvgIpc) is 3.46. The van der Waals surface area contributed by atoms with Crippen LogP contribution in [-0.2, 0) is 24.7 Å². The lowest BCUT2D eigenvalue weighted by Gasteiger charge is -2.17. The molecule has 0 atom stereocenters. The van der Waals surface area contributed by atoms with E-state index in [0.29, 0.717) is 57.4 Å². The smallest absolute Gasteiger partial charge is 0.309 e. The highest BCUT2D eigenvalue weighted by Gasteiger charge is 2.38. The zero-order valence-electron chi connectivity index (χ0n) is 28.3. The number of fused-ring (bicyclic) bond motifs is 3. The number of halogens is 12. The Labute approximate surface area is 308 Å². The van der Waals surface area contributed by atoms with Crippen LogP contribution in [0.3, 0.4) is 0 Å². The number of hydrogen-bond donors (Lipinski definition) is 0. The minimum atomic E-state index is -5.14. The van der Waals surface area contributed by atoms with Gasteiger partial charge in [0.2, 0.25) is 0 Å². The quantitative estimate of drug-likeness (QED) is 0.167. The molecule has 0 spiro atoms. The van der Waals surface area contributed by atoms with Crippen molar-refractivity contribution in [2.45, 2.75) is 31.6 Å². The third-order valence-corrected chi connectivity index (χ3v) is 9.30. The van der Waals surface area contributed by atoms with Crippen LogP contribution in [-0.4, -0.2) is 9.55 Å². The number of nitriles is 1. The van der Waals surface area contributed by atoms with Gasteiger partial charge in [-0.3, -0.25) is 4.98 Å². The molecule has 0 bridgehead atoms. The molecular weight excluding hydrogens is 762 g/mol. The Morgan fingerprint density at radius 3 is 1.27 bits per heavy atom. The van der Waals surface area contributed by atoms with Crippen LogP contribution in [0.4, 0.5) is 52.7 Å². The fourth-order valence-electron chi connectivity index (χ4n) is 6.68. The molecule has 15 heteroatoms. The highest BCUT2D eigenvalue weighted by Crippen LogP contribution is 2.44. The van der Waals surface area contributed by atoms with E-state index in [1.165, 1.54) is 48.8 Å². The maximum absolute atomic E-state index is 13.8. The van der Waals surface area contributed by atoms with Crippen LogP contribution < -0.4 is 0 Å². The van der Waals surface area contributed by atoms with Gasteiger partial charge >= 0.3 is 24.7 Å². The summed E-state index contributed by atoms with van der Waals surface area (Å²) in [5.41, 5.74) is -4.76. The highest BCUT2D eigenvalue weighted by atomic mass is 19.4. The van der Waals surface area contributed by atoms with Gasteiger partial charge in [0.15, 0.2) is 0 Å². The number of alkyl halides is 12. The average molecular weight is 784 g/mol. The van der Waals surface area contributed by atoms with E-state index in [1.807, 2.05) is 0 Å². The summed E-state index contributed by atoms with van der Waals surface area (Å²) in [4.78, 5) is 3.99. The Morgan fingerprint density at radius 2 is 0.893 bits per heavy atom. The van der Waals surface area contributed by atoms with Crippen LogP contribution >= 0.6 is 0 Å². The van der Waals surface area contributed by atoms with Crippen molar-refractivity contribution in [3.05, 3.63) is 143 Å². The molecule has 2 aromatic heterocycles. The highest BCUT2D eigenvalue weighted by molar-refractivity contribution is 6.11. The molecule has 284 valence electrons. The molecule has 0 amide bonds. The summed E-state index contributed by atoms with van der Waals surface area (Å²) >= 11 is 0. The molecule has 2 heterocycles. The van der Waals surface area contributed by atoms with Crippen LogP contribution in [0.2, 0.25) is 0 Å². The number of hydrogen-bond acceptors (Lipinski definition) is 2. The first kappa shape index (κ1) is 38.0. The van der Waals surface area contributed by atoms with E-state index in [0.717, 1.165) is 0 Å². The maximum Gasteiger partial charge on any atom is 0.416 e. The fourth-order valence-corrected chi connectivity index (χ4v) is 6.68. The van der Waals surface area contributed by atoms with E-state index in [9.17, 15) is 57.9 Å². The van der Waals surface area contributed by atoms with E-state index in [4.69, 9.17) is 0 Å². The molecule has 0 aliphatic carbocycles. The van der Waals surface area contributed by atoms with Crippen LogP contribution in [0.25, 0.3) is 60.9 Å². The van der Waals surface area contributed by atoms with Crippen LogP contribution in [0, 0.1) is 18.3 Å². The normalized spacial score (nSPS) is 12.7. The topological polar surface area (TPSA) is 41.6 Å². The second-order valence-corrected chi connectivity index (χ2v) is 12.9. The molecule has 7 aromatic rings. The van der Waals surface area contributed by atoms with Gasteiger partial charge in [0.05, 0.1) is 44.9 Å². The monoisotopic (exact) mass is 783 g/mol. The number of nitrogens with zero attached hydrogens (tertiary/aromatic N) is 3. The molecule has 5 aromatic carbocycles. The molecule has 3 nitrogen and oxygen atoms in total. The van der Waals surface area contributed by atoms with Crippen LogP contribution in [0.15, 0.2) is 109 Å². The molecule has 0 saturated carbocycles. The zero-order chi connectivity index (χ0) is 40.5. The number of rotatable bonds is 4. The minimum Gasteiger partial charge on any atom is -0.309 e. The molecule has 7 rings (SSSR count). The SMILES string of the molecule is Cc1cc(C#N)c(-c2ccncc2)cc1-n1c2cc(-c3cc(C(F)(F)F)cc(C(F)(F)F)c3)ccc2c2ccc(-c3cc(C(F)(F)F)cc(C(F)(F)F)c3)cc21. The zero-order valence-corrected chi connectivity index (χ0v) is 28.3. The van der Waals surface area contributed by atoms with E-state index < -0.39 is 58.1 Å². The Balaban J connectivity index is 1.57. The maximum atomic E-state index is 13.8. The molecule has 0 aliphatic rings. The largest absolute Gasteiger partial charge is 0.416 e. The van der Waals surface area contributed by atoms with Gasteiger partial charge < -0.3 is 4.57 Å². The third-order valence-electron chi connectivity index (χ3n) is 9.30. The van der Waals surface area contributed by atoms with E-state index >= 15 is 0 Å². The van der Waals surface area contributed by atoms with Crippen molar-refractivity contribution < 1.29 is 52.7 Å². The Morgan fingerprint density at radius 1 is 0.482 bits per heavy atom. The van der Waals surface area contributed by atoms with Gasteiger partial charge in [-0.25, -0.2) is 0 Å². The Kier molecular flexibility index (Phi) is 8.94. The lowest BCUT2D eigenvalue weighted by Crippen LogP contribution is -2.11. The van der Waals surface area contributed by atoms with Crippen molar-refractivity contribution in [3.8, 4) is 45.1 Å². The second-order valence-electron chi connectivity index (χ2n) is 12.9. The summed E-state index contributed by atoms with van der Waals surface area (Å²) in [5, 5.41) is 10.8. The van der Waals surface area contributed by atoms with E-state index in [-0.39, 0.29) is 39.9 Å². The van der Waals surface area contributed by atoms with Crippen molar-refractivity contribution in [3.63, 3.8) is 0 Å². The van der Waals surface area contributed by atoms with Crippen molar-refractivity contribution >= 4 is 21.8 Å². The Hall–Kier alpha value is -6.30. The second kappa shape index (κ2) is 13.2. The molecule has 0 saturated heterocycles. The van der Waals surface area contributed by atoms with Crippen LogP contribution in [0.5, 0.6) is 0 Å². The molecule has 0 radical (unpaired) electrons. The van der Waals surface area contributed by atoms with Gasteiger partial charge in [-0.15, -0.1) is 0 Å². The summed E-state index contributed by atoms with van der Waals surface area (Å²) in [6, 6.07) is 19.0. The summed E-state index contributed by atoms with van der Waals surface area (Å²) in [7, 11) is 0. The van der Waals surface area contributed by atoms with Gasteiger partial charge in [-0.2, -0.15) is 57.9 Å². The molecule has 56 heavy (non-hydrogen) atoms. The summed E-state index contributed by atoms with van der Waals surface area (Å²) in [6.07, 6.45) is -17.6. The predicted molar refractivity (Wildman–Crippen MR) is 184 cm³/mol. The van der Waals surface area contributed by atoms with E-state index in [1.54, 1.807) is 35.8 Å². The lowest BCUT2D eigenvalue weighted by atomic mass is 9.97. The first-order valence-electron chi connectivity index (χ1n) is 16.3. The molecular formula is C41H21F12N3. The van der Waals surface area contributed by atoms with Gasteiger partial charge in [-0.05, 0) is 113 Å². The molecule has 0 unspecified atom stereocenters. The first-order valence-corrected chi connectivity index (χ1v) is 16.3. The standard InChI is InChI=1S/C41H21F12N3/c1-21-10-27(20-54)34(22-6-8-55-9-7-22)19-35(21)56-36-15-23(25-11-28(38(42,43)44)17-29(12-25)39(45,46)47)2-4-32(36)33-5-3-24(16-37(33)56)26-13-30(40(48,49)50)18-31(14-26)41(51,52)53/h2-19H,1H3.